The van der Waals surface area contributed by atoms with Gasteiger partial charge in [0.05, 0.1) is 63.3 Å². The van der Waals surface area contributed by atoms with E-state index < -0.39 is 0 Å². The third-order valence-electron chi connectivity index (χ3n) is 9.99. The van der Waals surface area contributed by atoms with E-state index in [0.717, 1.165) is 32.9 Å². The molecule has 0 aliphatic heterocycles. The van der Waals surface area contributed by atoms with Crippen molar-refractivity contribution in [3.05, 3.63) is 180 Å². The molecule has 0 bridgehead atoms. The summed E-state index contributed by atoms with van der Waals surface area (Å²) in [5, 5.41) is 43.0. The summed E-state index contributed by atoms with van der Waals surface area (Å²) in [6.45, 7) is 0. The topological polar surface area (TPSA) is 139 Å². The van der Waals surface area contributed by atoms with Crippen LogP contribution in [0.4, 0.5) is 0 Å². The molecule has 0 aliphatic carbocycles. The van der Waals surface area contributed by atoms with E-state index in [9.17, 15) is 21.0 Å². The first-order valence-corrected chi connectivity index (χ1v) is 18.0. The molecule has 0 atom stereocenters. The lowest BCUT2D eigenvalue weighted by atomic mass is 9.88. The number of aromatic nitrogens is 4. The fourth-order valence-electron chi connectivity index (χ4n) is 7.40. The van der Waals surface area contributed by atoms with Gasteiger partial charge in [0, 0.05) is 49.7 Å². The summed E-state index contributed by atoms with van der Waals surface area (Å²) in [7, 11) is 0. The number of nitriles is 4. The fraction of sp³-hybridized carbons (Fsp3) is 0. The zero-order valence-electron chi connectivity index (χ0n) is 30.1. The van der Waals surface area contributed by atoms with Crippen LogP contribution in [0.15, 0.2) is 158 Å². The van der Waals surface area contributed by atoms with Gasteiger partial charge in [0.25, 0.3) is 0 Å². The van der Waals surface area contributed by atoms with Crippen molar-refractivity contribution in [1.82, 2.24) is 19.5 Å². The highest BCUT2D eigenvalue weighted by Gasteiger charge is 2.25. The minimum absolute atomic E-state index is 0.296. The maximum Gasteiger partial charge on any atom is 0.164 e. The molecule has 0 unspecified atom stereocenters. The number of nitrogens with zero attached hydrogens (tertiary/aromatic N) is 8. The van der Waals surface area contributed by atoms with E-state index >= 15 is 0 Å². The van der Waals surface area contributed by atoms with Gasteiger partial charge >= 0.3 is 0 Å². The number of rotatable bonds is 6. The SMILES string of the molecule is N#Cc1ccc(-c2cc(-c3nc(-c4ccccc4)nc(-c4ccccc4)n3)cc(-c3ccc(C#N)cc3C#N)c2-n2c3ccccc3c3ccccc32)c(C#N)c1. The molecule has 9 aromatic rings. The minimum Gasteiger partial charge on any atom is -0.308 e. The Kier molecular flexibility index (Phi) is 8.54. The number of hydrogen-bond donors (Lipinski definition) is 0. The van der Waals surface area contributed by atoms with E-state index in [0.29, 0.717) is 73.2 Å². The van der Waals surface area contributed by atoms with E-state index in [4.69, 9.17) is 15.0 Å². The fourth-order valence-corrected chi connectivity index (χ4v) is 7.40. The number of hydrogen-bond acceptors (Lipinski definition) is 7. The predicted octanol–water partition coefficient (Wildman–Crippen LogP) is 10.8. The normalized spacial score (nSPS) is 10.7. The highest BCUT2D eigenvalue weighted by atomic mass is 15.0. The molecule has 0 aliphatic rings. The standard InChI is InChI=1S/C49H26N8/c50-27-31-19-21-38(36(23-31)29-52)42-25-35(49-55-47(33-11-3-1-4-12-33)54-48(56-49)34-13-5-2-6-14-34)26-43(39-22-20-32(28-51)24-37(39)30-53)46(42)57-44-17-9-7-15-40(44)41-16-8-10-18-45(41)57/h1-26H. The highest BCUT2D eigenvalue weighted by Crippen LogP contribution is 2.45. The van der Waals surface area contributed by atoms with Gasteiger partial charge in [-0.05, 0) is 48.5 Å². The second-order valence-electron chi connectivity index (χ2n) is 13.3. The Morgan fingerprint density at radius 2 is 0.772 bits per heavy atom. The summed E-state index contributed by atoms with van der Waals surface area (Å²) < 4.78 is 2.16. The molecule has 0 radical (unpaired) electrons. The van der Waals surface area contributed by atoms with Crippen molar-refractivity contribution in [3.8, 4) is 86.4 Å². The van der Waals surface area contributed by atoms with E-state index in [1.54, 1.807) is 36.4 Å². The third-order valence-corrected chi connectivity index (χ3v) is 9.99. The van der Waals surface area contributed by atoms with Crippen molar-refractivity contribution in [3.63, 3.8) is 0 Å². The van der Waals surface area contributed by atoms with Crippen LogP contribution in [-0.2, 0) is 0 Å². The number of para-hydroxylation sites is 2. The van der Waals surface area contributed by atoms with E-state index in [1.165, 1.54) is 0 Å². The molecule has 2 aromatic heterocycles. The summed E-state index contributed by atoms with van der Waals surface area (Å²) in [6.07, 6.45) is 0. The van der Waals surface area contributed by atoms with Crippen LogP contribution in [0.5, 0.6) is 0 Å². The molecule has 0 amide bonds. The zero-order chi connectivity index (χ0) is 38.9. The van der Waals surface area contributed by atoms with Crippen molar-refractivity contribution in [2.75, 3.05) is 0 Å². The molecule has 2 heterocycles. The molecule has 0 spiro atoms. The average Bonchev–Trinajstić information content (AvgIpc) is 3.62. The minimum atomic E-state index is 0.296. The third kappa shape index (κ3) is 5.99. The van der Waals surface area contributed by atoms with Crippen LogP contribution in [0, 0.1) is 45.3 Å². The summed E-state index contributed by atoms with van der Waals surface area (Å²) in [4.78, 5) is 15.0. The van der Waals surface area contributed by atoms with Crippen LogP contribution >= 0.6 is 0 Å². The van der Waals surface area contributed by atoms with Gasteiger partial charge in [0.2, 0.25) is 0 Å². The van der Waals surface area contributed by atoms with Gasteiger partial charge in [-0.1, -0.05) is 109 Å². The smallest absolute Gasteiger partial charge is 0.164 e. The van der Waals surface area contributed by atoms with Crippen molar-refractivity contribution in [1.29, 1.82) is 21.0 Å². The lowest BCUT2D eigenvalue weighted by Gasteiger charge is -2.22. The number of benzene rings is 7. The molecule has 0 saturated carbocycles. The Hall–Kier alpha value is -8.69. The predicted molar refractivity (Wildman–Crippen MR) is 220 cm³/mol. The maximum absolute atomic E-state index is 10.6. The molecule has 7 aromatic carbocycles. The Labute approximate surface area is 327 Å². The second-order valence-corrected chi connectivity index (χ2v) is 13.3. The van der Waals surface area contributed by atoms with Gasteiger partial charge in [0.1, 0.15) is 0 Å². The van der Waals surface area contributed by atoms with Gasteiger partial charge in [-0.2, -0.15) is 21.0 Å². The molecular weight excluding hydrogens is 701 g/mol. The Morgan fingerprint density at radius 1 is 0.368 bits per heavy atom. The van der Waals surface area contributed by atoms with Crippen LogP contribution in [0.3, 0.4) is 0 Å². The van der Waals surface area contributed by atoms with Crippen molar-refractivity contribution < 1.29 is 0 Å². The molecule has 262 valence electrons. The molecule has 57 heavy (non-hydrogen) atoms. The molecular formula is C49H26N8. The summed E-state index contributed by atoms with van der Waals surface area (Å²) >= 11 is 0. The van der Waals surface area contributed by atoms with Crippen molar-refractivity contribution in [2.45, 2.75) is 0 Å². The lowest BCUT2D eigenvalue weighted by molar-refractivity contribution is 1.07. The van der Waals surface area contributed by atoms with Crippen molar-refractivity contribution >= 4 is 21.8 Å². The van der Waals surface area contributed by atoms with Gasteiger partial charge in [0.15, 0.2) is 17.5 Å². The van der Waals surface area contributed by atoms with Gasteiger partial charge in [-0.15, -0.1) is 0 Å². The quantitative estimate of drug-likeness (QED) is 0.166. The van der Waals surface area contributed by atoms with Crippen LogP contribution < -0.4 is 0 Å². The monoisotopic (exact) mass is 726 g/mol. The largest absolute Gasteiger partial charge is 0.308 e. The first-order valence-electron chi connectivity index (χ1n) is 18.0. The van der Waals surface area contributed by atoms with Gasteiger partial charge in [-0.25, -0.2) is 15.0 Å². The van der Waals surface area contributed by atoms with Crippen LogP contribution in [0.1, 0.15) is 22.3 Å². The summed E-state index contributed by atoms with van der Waals surface area (Å²) in [5.41, 5.74) is 8.44. The zero-order valence-corrected chi connectivity index (χ0v) is 30.1. The average molecular weight is 727 g/mol. The molecule has 8 heteroatoms. The van der Waals surface area contributed by atoms with Crippen LogP contribution in [-0.4, -0.2) is 19.5 Å². The van der Waals surface area contributed by atoms with E-state index in [2.05, 4.69) is 53.1 Å². The first kappa shape index (κ1) is 34.1. The molecule has 9 rings (SSSR count). The molecule has 0 saturated heterocycles. The molecule has 0 fully saturated rings. The van der Waals surface area contributed by atoms with Gasteiger partial charge in [-0.3, -0.25) is 0 Å². The Morgan fingerprint density at radius 3 is 1.19 bits per heavy atom. The summed E-state index contributed by atoms with van der Waals surface area (Å²) in [5.74, 6) is 1.32. The number of fused-ring (bicyclic) bond motifs is 3. The van der Waals surface area contributed by atoms with Gasteiger partial charge < -0.3 is 4.57 Å². The van der Waals surface area contributed by atoms with Crippen molar-refractivity contribution in [2.24, 2.45) is 0 Å². The molecule has 8 nitrogen and oxygen atoms in total. The molecule has 0 N–H and O–H groups in total. The first-order chi connectivity index (χ1) is 28.1. The van der Waals surface area contributed by atoms with E-state index in [-0.39, 0.29) is 0 Å². The Balaban J connectivity index is 1.47. The highest BCUT2D eigenvalue weighted by molar-refractivity contribution is 6.11. The van der Waals surface area contributed by atoms with E-state index in [1.807, 2.05) is 97.1 Å². The van der Waals surface area contributed by atoms with Crippen LogP contribution in [0.25, 0.3) is 83.9 Å². The lowest BCUT2D eigenvalue weighted by Crippen LogP contribution is -2.05. The van der Waals surface area contributed by atoms with Crippen LogP contribution in [0.2, 0.25) is 0 Å². The maximum atomic E-state index is 10.6. The Bertz CT molecular complexity index is 3020. The second kappa shape index (κ2) is 14.3. The summed E-state index contributed by atoms with van der Waals surface area (Å²) in [6, 6.07) is 58.7.